The van der Waals surface area contributed by atoms with Crippen LogP contribution in [0.1, 0.15) is 30.9 Å². The van der Waals surface area contributed by atoms with Crippen LogP contribution in [0.4, 0.5) is 23.2 Å². The molecule has 1 saturated carbocycles. The summed E-state index contributed by atoms with van der Waals surface area (Å²) in [6.07, 6.45) is -2.23. The van der Waals surface area contributed by atoms with Gasteiger partial charge in [0, 0.05) is 29.7 Å². The SMILES string of the molecule is Cc1ccc(N(C(=O)[C@H](F)Cl)[C@@](C)(C(=O)NC2CC(OC(F)(F)F)C2)c2cncnc2)cc1. The van der Waals surface area contributed by atoms with Crippen molar-refractivity contribution in [2.75, 3.05) is 4.90 Å². The number of alkyl halides is 5. The van der Waals surface area contributed by atoms with Crippen LogP contribution in [0.2, 0.25) is 0 Å². The lowest BCUT2D eigenvalue weighted by Gasteiger charge is -2.43. The van der Waals surface area contributed by atoms with Gasteiger partial charge in [0.25, 0.3) is 17.4 Å². The van der Waals surface area contributed by atoms with Crippen molar-refractivity contribution in [3.05, 3.63) is 54.1 Å². The first-order chi connectivity index (χ1) is 15.4. The number of aryl methyl sites for hydroxylation is 1. The van der Waals surface area contributed by atoms with E-state index in [1.54, 1.807) is 12.1 Å². The maximum atomic E-state index is 14.1. The van der Waals surface area contributed by atoms with Crippen LogP contribution in [-0.2, 0) is 19.9 Å². The number of carbonyl (C=O) groups excluding carboxylic acids is 2. The van der Waals surface area contributed by atoms with E-state index in [9.17, 15) is 27.2 Å². The molecule has 1 aliphatic carbocycles. The van der Waals surface area contributed by atoms with Crippen LogP contribution < -0.4 is 10.2 Å². The number of nitrogens with one attached hydrogen (secondary N) is 1. The van der Waals surface area contributed by atoms with E-state index in [1.165, 1.54) is 37.8 Å². The van der Waals surface area contributed by atoms with Gasteiger partial charge >= 0.3 is 6.36 Å². The molecule has 0 aliphatic heterocycles. The molecule has 178 valence electrons. The van der Waals surface area contributed by atoms with Crippen molar-refractivity contribution in [3.63, 3.8) is 0 Å². The lowest BCUT2D eigenvalue weighted by Crippen LogP contribution is -2.61. The van der Waals surface area contributed by atoms with Crippen LogP contribution in [0.25, 0.3) is 0 Å². The van der Waals surface area contributed by atoms with Crippen LogP contribution in [-0.4, -0.2) is 45.9 Å². The topological polar surface area (TPSA) is 84.4 Å². The van der Waals surface area contributed by atoms with Crippen molar-refractivity contribution in [1.29, 1.82) is 0 Å². The molecule has 2 aromatic rings. The predicted molar refractivity (Wildman–Crippen MR) is 111 cm³/mol. The third-order valence-corrected chi connectivity index (χ3v) is 5.63. The molecular formula is C21H21ClF4N4O3. The first kappa shape index (κ1) is 24.8. The third kappa shape index (κ3) is 5.59. The standard InChI is InChI=1S/C21H21ClF4N4O3/c1-12-3-5-15(6-4-12)30(18(31)17(22)23)20(2,13-9-27-11-28-10-13)19(32)29-14-7-16(8-14)33-21(24,25)26/h3-6,9-11,14,16-17H,7-8H2,1-2H3,(H,29,32)/t14?,16?,17-,20+/m0/s1. The van der Waals surface area contributed by atoms with Crippen molar-refractivity contribution >= 4 is 29.1 Å². The second kappa shape index (κ2) is 9.60. The molecular weight excluding hydrogens is 468 g/mol. The number of benzene rings is 1. The zero-order valence-electron chi connectivity index (χ0n) is 17.6. The van der Waals surface area contributed by atoms with Crippen molar-refractivity contribution in [1.82, 2.24) is 15.3 Å². The summed E-state index contributed by atoms with van der Waals surface area (Å²) in [7, 11) is 0. The lowest BCUT2D eigenvalue weighted by molar-refractivity contribution is -0.351. The maximum absolute atomic E-state index is 14.1. The van der Waals surface area contributed by atoms with Crippen molar-refractivity contribution < 1.29 is 31.9 Å². The number of aromatic nitrogens is 2. The number of hydrogen-bond acceptors (Lipinski definition) is 5. The highest BCUT2D eigenvalue weighted by Gasteiger charge is 2.49. The van der Waals surface area contributed by atoms with Crippen LogP contribution in [0, 0.1) is 6.92 Å². The van der Waals surface area contributed by atoms with Gasteiger partial charge in [0.2, 0.25) is 0 Å². The molecule has 1 fully saturated rings. The Morgan fingerprint density at radius 1 is 1.18 bits per heavy atom. The smallest absolute Gasteiger partial charge is 0.351 e. The third-order valence-electron chi connectivity index (χ3n) is 5.44. The Balaban J connectivity index is 1.96. The van der Waals surface area contributed by atoms with Gasteiger partial charge in [0.1, 0.15) is 6.33 Å². The van der Waals surface area contributed by atoms with Crippen LogP contribution >= 0.6 is 11.6 Å². The summed E-state index contributed by atoms with van der Waals surface area (Å²) in [6, 6.07) is 5.75. The lowest BCUT2D eigenvalue weighted by atomic mass is 9.85. The summed E-state index contributed by atoms with van der Waals surface area (Å²) < 4.78 is 55.2. The summed E-state index contributed by atoms with van der Waals surface area (Å²) in [5.41, 5.74) is -3.15. The number of nitrogens with zero attached hydrogens (tertiary/aromatic N) is 3. The Hall–Kier alpha value is -2.79. The van der Waals surface area contributed by atoms with Gasteiger partial charge in [0.05, 0.1) is 6.10 Å². The van der Waals surface area contributed by atoms with E-state index in [1.807, 2.05) is 6.92 Å². The Labute approximate surface area is 192 Å². The minimum Gasteiger partial charge on any atom is -0.351 e. The van der Waals surface area contributed by atoms with Crippen molar-refractivity contribution in [2.24, 2.45) is 0 Å². The number of anilines is 1. The van der Waals surface area contributed by atoms with Crippen LogP contribution in [0.5, 0.6) is 0 Å². The highest BCUT2D eigenvalue weighted by atomic mass is 35.5. The van der Waals surface area contributed by atoms with Gasteiger partial charge < -0.3 is 5.32 Å². The molecule has 0 spiro atoms. The Morgan fingerprint density at radius 3 is 2.27 bits per heavy atom. The van der Waals surface area contributed by atoms with E-state index in [0.717, 1.165) is 10.5 Å². The molecule has 3 rings (SSSR count). The zero-order chi connectivity index (χ0) is 24.4. The van der Waals surface area contributed by atoms with Gasteiger partial charge in [-0.1, -0.05) is 29.3 Å². The van der Waals surface area contributed by atoms with Gasteiger partial charge in [-0.25, -0.2) is 14.4 Å². The van der Waals surface area contributed by atoms with E-state index >= 15 is 0 Å². The fourth-order valence-electron chi connectivity index (χ4n) is 3.60. The van der Waals surface area contributed by atoms with Gasteiger partial charge in [-0.05, 0) is 38.8 Å². The molecule has 1 heterocycles. The molecule has 7 nitrogen and oxygen atoms in total. The molecule has 0 unspecified atom stereocenters. The molecule has 1 aromatic heterocycles. The average molecular weight is 489 g/mol. The molecule has 0 bridgehead atoms. The summed E-state index contributed by atoms with van der Waals surface area (Å²) in [5.74, 6) is -1.96. The first-order valence-electron chi connectivity index (χ1n) is 9.91. The zero-order valence-corrected chi connectivity index (χ0v) is 18.4. The normalized spacial score (nSPS) is 20.8. The summed E-state index contributed by atoms with van der Waals surface area (Å²) in [4.78, 5) is 35.1. The van der Waals surface area contributed by atoms with E-state index in [-0.39, 0.29) is 24.1 Å². The number of amides is 2. The minimum atomic E-state index is -4.78. The molecule has 1 N–H and O–H groups in total. The number of carbonyl (C=O) groups is 2. The number of rotatable bonds is 7. The quantitative estimate of drug-likeness (QED) is 0.474. The van der Waals surface area contributed by atoms with Gasteiger partial charge in [-0.3, -0.25) is 19.2 Å². The Kier molecular flexibility index (Phi) is 7.23. The summed E-state index contributed by atoms with van der Waals surface area (Å²) in [5, 5.41) is 2.63. The van der Waals surface area contributed by atoms with Gasteiger partial charge in [0.15, 0.2) is 5.54 Å². The Morgan fingerprint density at radius 2 is 1.76 bits per heavy atom. The van der Waals surface area contributed by atoms with E-state index in [4.69, 9.17) is 11.6 Å². The summed E-state index contributed by atoms with van der Waals surface area (Å²) in [6.45, 7) is 3.17. The van der Waals surface area contributed by atoms with Crippen LogP contribution in [0.3, 0.4) is 0 Å². The monoisotopic (exact) mass is 488 g/mol. The van der Waals surface area contributed by atoms with E-state index < -0.39 is 41.5 Å². The maximum Gasteiger partial charge on any atom is 0.522 e. The number of halogens is 5. The predicted octanol–water partition coefficient (Wildman–Crippen LogP) is 3.75. The van der Waals surface area contributed by atoms with Crippen molar-refractivity contribution in [3.8, 4) is 0 Å². The van der Waals surface area contributed by atoms with E-state index in [2.05, 4.69) is 20.0 Å². The highest BCUT2D eigenvalue weighted by molar-refractivity contribution is 6.32. The minimum absolute atomic E-state index is 0.0770. The molecule has 12 heteroatoms. The highest BCUT2D eigenvalue weighted by Crippen LogP contribution is 2.36. The molecule has 1 aliphatic rings. The molecule has 2 amide bonds. The second-order valence-electron chi connectivity index (χ2n) is 7.84. The van der Waals surface area contributed by atoms with Crippen molar-refractivity contribution in [2.45, 2.75) is 56.4 Å². The summed E-state index contributed by atoms with van der Waals surface area (Å²) >= 11 is 5.48. The fraction of sp³-hybridized carbons (Fsp3) is 0.429. The fourth-order valence-corrected chi connectivity index (χ4v) is 3.70. The molecule has 1 aromatic carbocycles. The Bertz CT molecular complexity index is 985. The molecule has 0 saturated heterocycles. The average Bonchev–Trinajstić information content (AvgIpc) is 2.73. The molecule has 2 atom stereocenters. The van der Waals surface area contributed by atoms with Gasteiger partial charge in [-0.2, -0.15) is 0 Å². The molecule has 33 heavy (non-hydrogen) atoms. The first-order valence-corrected chi connectivity index (χ1v) is 10.4. The van der Waals surface area contributed by atoms with Crippen LogP contribution in [0.15, 0.2) is 43.0 Å². The second-order valence-corrected chi connectivity index (χ2v) is 8.22. The number of hydrogen-bond donors (Lipinski definition) is 1. The number of ether oxygens (including phenoxy) is 1. The van der Waals surface area contributed by atoms with Gasteiger partial charge in [-0.15, -0.1) is 13.2 Å². The van der Waals surface area contributed by atoms with E-state index in [0.29, 0.717) is 0 Å². The largest absolute Gasteiger partial charge is 0.522 e. The molecule has 0 radical (unpaired) electrons.